The highest BCUT2D eigenvalue weighted by Crippen LogP contribution is 2.29. The van der Waals surface area contributed by atoms with Gasteiger partial charge in [-0.2, -0.15) is 0 Å². The second-order valence-corrected chi connectivity index (χ2v) is 6.55. The number of rotatable bonds is 5. The van der Waals surface area contributed by atoms with Crippen LogP contribution in [0, 0.1) is 0 Å². The topological polar surface area (TPSA) is 39.9 Å². The number of ether oxygens (including phenoxy) is 1. The normalized spacial score (nSPS) is 13.7. The maximum atomic E-state index is 5.95. The van der Waals surface area contributed by atoms with Crippen LogP contribution in [0.1, 0.15) is 25.3 Å². The van der Waals surface area contributed by atoms with E-state index in [0.29, 0.717) is 6.61 Å². The van der Waals surface area contributed by atoms with Crippen LogP contribution in [0.4, 0.5) is 0 Å². The molecule has 1 aromatic heterocycles. The van der Waals surface area contributed by atoms with Gasteiger partial charge in [0.15, 0.2) is 0 Å². The van der Waals surface area contributed by atoms with Crippen LogP contribution in [0.3, 0.4) is 0 Å². The number of nitrogens with zero attached hydrogens (tertiary/aromatic N) is 3. The molecule has 4 nitrogen and oxygen atoms in total. The third-order valence-electron chi connectivity index (χ3n) is 4.26. The molecule has 1 aliphatic carbocycles. The first-order valence-corrected chi connectivity index (χ1v) is 8.81. The van der Waals surface area contributed by atoms with Crippen molar-refractivity contribution in [3.8, 4) is 11.4 Å². The fourth-order valence-corrected chi connectivity index (χ4v) is 2.97. The number of benzene rings is 2. The summed E-state index contributed by atoms with van der Waals surface area (Å²) < 4.78 is 5.95. The second kappa shape index (κ2) is 7.00. The van der Waals surface area contributed by atoms with E-state index in [1.807, 2.05) is 37.3 Å². The van der Waals surface area contributed by atoms with E-state index in [0.717, 1.165) is 46.4 Å². The minimum absolute atomic E-state index is 0.468. The highest BCUT2D eigenvalue weighted by atomic mass is 16.5. The average Bonchev–Trinajstić information content (AvgIpc) is 3.11. The summed E-state index contributed by atoms with van der Waals surface area (Å²) in [5.74, 6) is 0.748. The molecule has 0 saturated carbocycles. The molecule has 0 amide bonds. The summed E-state index contributed by atoms with van der Waals surface area (Å²) in [7, 11) is 0. The van der Waals surface area contributed by atoms with E-state index in [9.17, 15) is 0 Å². The number of hydrogen-bond donors (Lipinski definition) is 0. The van der Waals surface area contributed by atoms with Crippen molar-refractivity contribution in [3.63, 3.8) is 0 Å². The molecule has 0 saturated heterocycles. The predicted molar refractivity (Wildman–Crippen MR) is 106 cm³/mol. The van der Waals surface area contributed by atoms with Gasteiger partial charge in [-0.3, -0.25) is 0 Å². The number of fused-ring (bicyclic) bond motifs is 1. The van der Waals surface area contributed by atoms with Crippen molar-refractivity contribution in [2.45, 2.75) is 19.8 Å². The monoisotopic (exact) mass is 343 g/mol. The molecule has 1 heterocycles. The predicted octanol–water partition coefficient (Wildman–Crippen LogP) is 5.11. The number of aromatic nitrogens is 3. The smallest absolute Gasteiger partial charge is 0.147 e. The van der Waals surface area contributed by atoms with Gasteiger partial charge in [0.1, 0.15) is 29.1 Å². The van der Waals surface area contributed by atoms with Gasteiger partial charge >= 0.3 is 0 Å². The Labute approximate surface area is 153 Å². The average molecular weight is 343 g/mol. The molecule has 0 aliphatic heterocycles. The molecule has 0 spiro atoms. The zero-order valence-corrected chi connectivity index (χ0v) is 14.9. The van der Waals surface area contributed by atoms with Gasteiger partial charge in [0, 0.05) is 0 Å². The van der Waals surface area contributed by atoms with E-state index < -0.39 is 0 Å². The first-order chi connectivity index (χ1) is 12.7. The maximum Gasteiger partial charge on any atom is 0.147 e. The van der Waals surface area contributed by atoms with Crippen molar-refractivity contribution in [3.05, 3.63) is 78.4 Å². The molecule has 0 atom stereocenters. The van der Waals surface area contributed by atoms with Crippen LogP contribution in [-0.4, -0.2) is 21.6 Å². The van der Waals surface area contributed by atoms with Crippen LogP contribution in [0.2, 0.25) is 0 Å². The van der Waals surface area contributed by atoms with Crippen LogP contribution in [0.25, 0.3) is 22.3 Å². The largest absolute Gasteiger partial charge is 0.487 e. The lowest BCUT2D eigenvalue weighted by Gasteiger charge is -2.14. The highest BCUT2D eigenvalue weighted by molar-refractivity contribution is 5.77. The summed E-state index contributed by atoms with van der Waals surface area (Å²) in [4.78, 5) is 1.66. The van der Waals surface area contributed by atoms with Gasteiger partial charge in [-0.1, -0.05) is 43.0 Å². The van der Waals surface area contributed by atoms with Gasteiger partial charge in [0.2, 0.25) is 0 Å². The van der Waals surface area contributed by atoms with Crippen molar-refractivity contribution < 1.29 is 4.74 Å². The minimum atomic E-state index is 0.468. The fourth-order valence-electron chi connectivity index (χ4n) is 2.97. The first kappa shape index (κ1) is 16.3. The van der Waals surface area contributed by atoms with Crippen LogP contribution in [0.15, 0.2) is 72.8 Å². The molecule has 0 fully saturated rings. The Morgan fingerprint density at radius 1 is 1.12 bits per heavy atom. The lowest BCUT2D eigenvalue weighted by molar-refractivity contribution is 0.349. The maximum absolute atomic E-state index is 5.95. The summed E-state index contributed by atoms with van der Waals surface area (Å²) >= 11 is 0. The molecule has 0 radical (unpaired) electrons. The number of allylic oxidation sites excluding steroid dienone is 4. The SMILES string of the molecule is C=C(C)COc1ccc(C2=CCCC=C2)cc1-n1nc2ccccc2n1. The fraction of sp³-hybridized carbons (Fsp3) is 0.182. The molecule has 1 aliphatic rings. The number of hydrogen-bond acceptors (Lipinski definition) is 3. The Bertz CT molecular complexity index is 994. The van der Waals surface area contributed by atoms with Gasteiger partial charge in [-0.25, -0.2) is 0 Å². The summed E-state index contributed by atoms with van der Waals surface area (Å²) in [5.41, 5.74) is 5.89. The molecule has 130 valence electrons. The van der Waals surface area contributed by atoms with Gasteiger partial charge in [0.05, 0.1) is 0 Å². The Morgan fingerprint density at radius 3 is 2.54 bits per heavy atom. The van der Waals surface area contributed by atoms with Crippen molar-refractivity contribution in [2.24, 2.45) is 0 Å². The molecule has 4 rings (SSSR count). The molecule has 26 heavy (non-hydrogen) atoms. The minimum Gasteiger partial charge on any atom is -0.487 e. The Kier molecular flexibility index (Phi) is 4.40. The van der Waals surface area contributed by atoms with Crippen LogP contribution < -0.4 is 4.74 Å². The zero-order valence-electron chi connectivity index (χ0n) is 14.9. The molecule has 4 heteroatoms. The van der Waals surface area contributed by atoms with E-state index in [2.05, 4.69) is 47.1 Å². The van der Waals surface area contributed by atoms with Crippen molar-refractivity contribution >= 4 is 16.6 Å². The van der Waals surface area contributed by atoms with Crippen LogP contribution in [-0.2, 0) is 0 Å². The van der Waals surface area contributed by atoms with Gasteiger partial charge < -0.3 is 4.74 Å². The summed E-state index contributed by atoms with van der Waals surface area (Å²) in [6.45, 7) is 6.34. The molecule has 0 unspecified atom stereocenters. The summed E-state index contributed by atoms with van der Waals surface area (Å²) in [5, 5.41) is 9.25. The second-order valence-electron chi connectivity index (χ2n) is 6.55. The standard InChI is InChI=1S/C22H21N3O/c1-16(2)15-26-22-13-12-18(17-8-4-3-5-9-17)14-21(22)25-23-19-10-6-7-11-20(19)24-25/h4,6-14H,1,3,5,15H2,2H3. The summed E-state index contributed by atoms with van der Waals surface area (Å²) in [6.07, 6.45) is 8.81. The first-order valence-electron chi connectivity index (χ1n) is 8.81. The third kappa shape index (κ3) is 3.31. The van der Waals surface area contributed by atoms with Crippen molar-refractivity contribution in [1.82, 2.24) is 15.0 Å². The molecule has 2 aromatic carbocycles. The zero-order chi connectivity index (χ0) is 17.9. The van der Waals surface area contributed by atoms with Gasteiger partial charge in [0.25, 0.3) is 0 Å². The highest BCUT2D eigenvalue weighted by Gasteiger charge is 2.13. The van der Waals surface area contributed by atoms with E-state index in [-0.39, 0.29) is 0 Å². The van der Waals surface area contributed by atoms with E-state index in [1.54, 1.807) is 4.80 Å². The van der Waals surface area contributed by atoms with Crippen LogP contribution >= 0.6 is 0 Å². The van der Waals surface area contributed by atoms with Gasteiger partial charge in [-0.05, 0) is 60.7 Å². The van der Waals surface area contributed by atoms with E-state index in [1.165, 1.54) is 5.57 Å². The lowest BCUT2D eigenvalue weighted by atomic mass is 9.99. The Morgan fingerprint density at radius 2 is 1.88 bits per heavy atom. The third-order valence-corrected chi connectivity index (χ3v) is 4.26. The van der Waals surface area contributed by atoms with Crippen LogP contribution in [0.5, 0.6) is 5.75 Å². The van der Waals surface area contributed by atoms with Gasteiger partial charge in [-0.15, -0.1) is 15.0 Å². The lowest BCUT2D eigenvalue weighted by Crippen LogP contribution is -2.06. The molecule has 0 N–H and O–H groups in total. The molecule has 3 aromatic rings. The van der Waals surface area contributed by atoms with E-state index in [4.69, 9.17) is 4.74 Å². The van der Waals surface area contributed by atoms with E-state index >= 15 is 0 Å². The Hall–Kier alpha value is -3.14. The summed E-state index contributed by atoms with van der Waals surface area (Å²) in [6, 6.07) is 14.0. The Balaban J connectivity index is 1.80. The quantitative estimate of drug-likeness (QED) is 0.605. The van der Waals surface area contributed by atoms with Crippen molar-refractivity contribution in [2.75, 3.05) is 6.61 Å². The van der Waals surface area contributed by atoms with Crippen molar-refractivity contribution in [1.29, 1.82) is 0 Å². The molecule has 0 bridgehead atoms. The molecular weight excluding hydrogens is 322 g/mol. The molecular formula is C22H21N3O.